The summed E-state index contributed by atoms with van der Waals surface area (Å²) in [7, 11) is 0. The minimum Gasteiger partial charge on any atom is -0.381 e. The molecule has 1 aliphatic heterocycles. The zero-order valence-corrected chi connectivity index (χ0v) is 13.8. The van der Waals surface area contributed by atoms with E-state index in [2.05, 4.69) is 20.9 Å². The second-order valence-electron chi connectivity index (χ2n) is 5.35. The molecule has 4 nitrogen and oxygen atoms in total. The quantitative estimate of drug-likeness (QED) is 0.765. The van der Waals surface area contributed by atoms with Crippen molar-refractivity contribution in [2.45, 2.75) is 44.1 Å². The smallest absolute Gasteiger partial charge is 0.162 e. The Morgan fingerprint density at radius 2 is 2.05 bits per heavy atom. The number of rotatable bonds is 4. The summed E-state index contributed by atoms with van der Waals surface area (Å²) in [6, 6.07) is 0. The summed E-state index contributed by atoms with van der Waals surface area (Å²) < 4.78 is 12.3. The van der Waals surface area contributed by atoms with E-state index in [9.17, 15) is 0 Å². The highest BCUT2D eigenvalue weighted by Gasteiger charge is 2.40. The van der Waals surface area contributed by atoms with Crippen LogP contribution < -0.4 is 0 Å². The largest absolute Gasteiger partial charge is 0.381 e. The lowest BCUT2D eigenvalue weighted by molar-refractivity contribution is -0.118. The topological polar surface area (TPSA) is 44.2 Å². The van der Waals surface area contributed by atoms with Crippen LogP contribution in [-0.2, 0) is 15.1 Å². The third-order valence-corrected chi connectivity index (χ3v) is 5.21. The van der Waals surface area contributed by atoms with Gasteiger partial charge in [-0.25, -0.2) is 9.97 Å². The van der Waals surface area contributed by atoms with E-state index >= 15 is 0 Å². The zero-order valence-electron chi connectivity index (χ0n) is 11.5. The van der Waals surface area contributed by atoms with Gasteiger partial charge in [-0.15, -0.1) is 0 Å². The molecule has 0 unspecified atom stereocenters. The highest BCUT2D eigenvalue weighted by Crippen LogP contribution is 2.45. The van der Waals surface area contributed by atoms with Crippen LogP contribution in [0.1, 0.15) is 50.0 Å². The standard InChI is InChI=1S/C14H18BrClN2O2/c1-2-20-14(5-7-19-8-6-14)13-17-11(9-3-4-9)10(15)12(16)18-13/h9H,2-8H2,1H3. The molecule has 110 valence electrons. The Kier molecular flexibility index (Phi) is 4.32. The van der Waals surface area contributed by atoms with Gasteiger partial charge in [-0.2, -0.15) is 0 Å². The molecule has 2 heterocycles. The third-order valence-electron chi connectivity index (χ3n) is 3.93. The van der Waals surface area contributed by atoms with E-state index in [0.717, 1.165) is 28.8 Å². The number of hydrogen-bond donors (Lipinski definition) is 0. The fourth-order valence-electron chi connectivity index (χ4n) is 2.68. The number of nitrogens with zero attached hydrogens (tertiary/aromatic N) is 2. The normalized spacial score (nSPS) is 21.9. The van der Waals surface area contributed by atoms with Gasteiger partial charge in [-0.3, -0.25) is 0 Å². The van der Waals surface area contributed by atoms with Gasteiger partial charge in [-0.1, -0.05) is 11.6 Å². The van der Waals surface area contributed by atoms with Gasteiger partial charge < -0.3 is 9.47 Å². The van der Waals surface area contributed by atoms with Gasteiger partial charge in [0.1, 0.15) is 10.8 Å². The van der Waals surface area contributed by atoms with Crippen molar-refractivity contribution in [1.82, 2.24) is 9.97 Å². The molecule has 0 atom stereocenters. The molecular weight excluding hydrogens is 344 g/mol. The van der Waals surface area contributed by atoms with Crippen molar-refractivity contribution >= 4 is 27.5 Å². The highest BCUT2D eigenvalue weighted by molar-refractivity contribution is 9.10. The monoisotopic (exact) mass is 360 g/mol. The van der Waals surface area contributed by atoms with E-state index in [-0.39, 0.29) is 0 Å². The Morgan fingerprint density at radius 1 is 1.35 bits per heavy atom. The average molecular weight is 362 g/mol. The zero-order chi connectivity index (χ0) is 14.2. The van der Waals surface area contributed by atoms with Crippen LogP contribution in [0.2, 0.25) is 5.15 Å². The molecule has 2 fully saturated rings. The van der Waals surface area contributed by atoms with Gasteiger partial charge in [0, 0.05) is 38.6 Å². The molecule has 6 heteroatoms. The number of aromatic nitrogens is 2. The van der Waals surface area contributed by atoms with E-state index in [1.165, 1.54) is 12.8 Å². The Bertz CT molecular complexity index is 497. The summed E-state index contributed by atoms with van der Waals surface area (Å²) in [6.07, 6.45) is 3.91. The van der Waals surface area contributed by atoms with E-state index < -0.39 is 5.60 Å². The second-order valence-corrected chi connectivity index (χ2v) is 6.50. The second kappa shape index (κ2) is 5.87. The van der Waals surface area contributed by atoms with Crippen LogP contribution >= 0.6 is 27.5 Å². The maximum atomic E-state index is 6.29. The fraction of sp³-hybridized carbons (Fsp3) is 0.714. The molecule has 0 amide bonds. The van der Waals surface area contributed by atoms with E-state index in [1.807, 2.05) is 6.92 Å². The molecule has 0 aromatic carbocycles. The van der Waals surface area contributed by atoms with E-state index in [0.29, 0.717) is 30.9 Å². The first-order valence-corrected chi connectivity index (χ1v) is 8.28. The van der Waals surface area contributed by atoms with Crippen molar-refractivity contribution in [3.05, 3.63) is 21.1 Å². The molecule has 0 spiro atoms. The summed E-state index contributed by atoms with van der Waals surface area (Å²) in [4.78, 5) is 9.27. The van der Waals surface area contributed by atoms with E-state index in [1.54, 1.807) is 0 Å². The molecule has 1 aliphatic carbocycles. The molecule has 0 N–H and O–H groups in total. The van der Waals surface area contributed by atoms with Crippen LogP contribution in [0.25, 0.3) is 0 Å². The van der Waals surface area contributed by atoms with Crippen LogP contribution in [0.3, 0.4) is 0 Å². The number of hydrogen-bond acceptors (Lipinski definition) is 4. The van der Waals surface area contributed by atoms with Crippen molar-refractivity contribution in [1.29, 1.82) is 0 Å². The molecule has 3 rings (SSSR count). The molecule has 20 heavy (non-hydrogen) atoms. The molecule has 1 aromatic heterocycles. The van der Waals surface area contributed by atoms with Gasteiger partial charge in [0.15, 0.2) is 5.82 Å². The van der Waals surface area contributed by atoms with Gasteiger partial charge >= 0.3 is 0 Å². The van der Waals surface area contributed by atoms with Crippen LogP contribution in [-0.4, -0.2) is 29.8 Å². The van der Waals surface area contributed by atoms with Crippen LogP contribution in [0.4, 0.5) is 0 Å². The lowest BCUT2D eigenvalue weighted by atomic mass is 9.92. The molecule has 2 aliphatic rings. The Hall–Kier alpha value is -0.230. The fourth-order valence-corrected chi connectivity index (χ4v) is 3.35. The Balaban J connectivity index is 2.02. The lowest BCUT2D eigenvalue weighted by Crippen LogP contribution is -2.38. The predicted molar refractivity (Wildman–Crippen MR) is 80.1 cm³/mol. The SMILES string of the molecule is CCOC1(c2nc(Cl)c(Br)c(C3CC3)n2)CCOCC1. The number of ether oxygens (including phenoxy) is 2. The first kappa shape index (κ1) is 14.7. The number of halogens is 2. The van der Waals surface area contributed by atoms with Crippen molar-refractivity contribution < 1.29 is 9.47 Å². The van der Waals surface area contributed by atoms with Crippen LogP contribution in [0.5, 0.6) is 0 Å². The van der Waals surface area contributed by atoms with Gasteiger partial charge in [-0.05, 0) is 35.7 Å². The van der Waals surface area contributed by atoms with E-state index in [4.69, 9.17) is 26.1 Å². The summed E-state index contributed by atoms with van der Waals surface area (Å²) in [5, 5.41) is 0.488. The summed E-state index contributed by atoms with van der Waals surface area (Å²) in [6.45, 7) is 3.99. The summed E-state index contributed by atoms with van der Waals surface area (Å²) in [5.74, 6) is 1.24. The minimum atomic E-state index is -0.443. The molecule has 0 radical (unpaired) electrons. The summed E-state index contributed by atoms with van der Waals surface area (Å²) >= 11 is 9.80. The maximum Gasteiger partial charge on any atom is 0.162 e. The van der Waals surface area contributed by atoms with Gasteiger partial charge in [0.25, 0.3) is 0 Å². The first-order valence-electron chi connectivity index (χ1n) is 7.11. The lowest BCUT2D eigenvalue weighted by Gasteiger charge is -2.35. The molecule has 1 saturated carbocycles. The Morgan fingerprint density at radius 3 is 2.65 bits per heavy atom. The molecule has 1 aromatic rings. The molecule has 1 saturated heterocycles. The highest BCUT2D eigenvalue weighted by atomic mass is 79.9. The van der Waals surface area contributed by atoms with Crippen LogP contribution in [0.15, 0.2) is 4.47 Å². The maximum absolute atomic E-state index is 6.29. The van der Waals surface area contributed by atoms with Gasteiger partial charge in [0.05, 0.1) is 10.2 Å². The average Bonchev–Trinajstić information content (AvgIpc) is 3.27. The predicted octanol–water partition coefficient (Wildman–Crippen LogP) is 3.81. The van der Waals surface area contributed by atoms with Crippen LogP contribution in [0, 0.1) is 0 Å². The van der Waals surface area contributed by atoms with Crippen molar-refractivity contribution in [3.8, 4) is 0 Å². The summed E-state index contributed by atoms with van der Waals surface area (Å²) in [5.41, 5.74) is 0.589. The molecule has 0 bridgehead atoms. The minimum absolute atomic E-state index is 0.443. The molecular formula is C14H18BrClN2O2. The Labute approximate surface area is 132 Å². The van der Waals surface area contributed by atoms with Gasteiger partial charge in [0.2, 0.25) is 0 Å². The van der Waals surface area contributed by atoms with Crippen molar-refractivity contribution in [2.75, 3.05) is 19.8 Å². The van der Waals surface area contributed by atoms with Crippen molar-refractivity contribution in [2.24, 2.45) is 0 Å². The third kappa shape index (κ3) is 2.73. The van der Waals surface area contributed by atoms with Crippen molar-refractivity contribution in [3.63, 3.8) is 0 Å². The first-order chi connectivity index (χ1) is 9.66.